The molecule has 1 fully saturated rings. The molecule has 13 nitrogen and oxygen atoms in total. The molecule has 5 atom stereocenters. The number of pyridine rings is 1. The third kappa shape index (κ3) is 7.34. The van der Waals surface area contributed by atoms with Gasteiger partial charge in [0.15, 0.2) is 0 Å². The van der Waals surface area contributed by atoms with Gasteiger partial charge in [-0.3, -0.25) is 13.7 Å². The Balaban J connectivity index is 1.86. The first kappa shape index (κ1) is 22.6. The van der Waals surface area contributed by atoms with Crippen LogP contribution in [-0.2, 0) is 36.1 Å². The summed E-state index contributed by atoms with van der Waals surface area (Å²) >= 11 is 0. The van der Waals surface area contributed by atoms with E-state index in [1.165, 1.54) is 6.20 Å². The third-order valence-corrected chi connectivity index (χ3v) is 7.44. The van der Waals surface area contributed by atoms with Crippen molar-refractivity contribution in [3.8, 4) is 0 Å². The van der Waals surface area contributed by atoms with Crippen molar-refractivity contribution in [2.24, 2.45) is 0 Å². The summed E-state index contributed by atoms with van der Waals surface area (Å²) in [5.74, 6) is 0.335. The number of anilines is 1. The van der Waals surface area contributed by atoms with E-state index in [1.807, 2.05) is 0 Å². The Morgan fingerprint density at radius 1 is 1.15 bits per heavy atom. The molecule has 0 saturated carbocycles. The molecule has 0 radical (unpaired) electrons. The van der Waals surface area contributed by atoms with Gasteiger partial charge in [-0.2, -0.15) is 0 Å². The highest BCUT2D eigenvalue weighted by atomic mass is 31.3. The van der Waals surface area contributed by atoms with Gasteiger partial charge in [0.05, 0.1) is 18.8 Å². The van der Waals surface area contributed by atoms with Crippen LogP contribution in [-0.4, -0.2) is 24.8 Å². The summed E-state index contributed by atoms with van der Waals surface area (Å²) in [6.45, 7) is -0.543. The van der Waals surface area contributed by atoms with Gasteiger partial charge in [-0.05, 0) is 24.5 Å². The lowest BCUT2D eigenvalue weighted by atomic mass is 10.1. The van der Waals surface area contributed by atoms with Crippen molar-refractivity contribution in [3.63, 3.8) is 0 Å². The number of aromatic nitrogens is 1. The normalized spacial score (nSPS) is 26.8. The Bertz CT molecular complexity index is 788. The molecular weight excluding hydrogens is 429 g/mol. The minimum absolute atomic E-state index is 0.335. The summed E-state index contributed by atoms with van der Waals surface area (Å²) in [6, 6.07) is 3.29. The van der Waals surface area contributed by atoms with Crippen LogP contribution in [0.4, 0.5) is 5.82 Å². The van der Waals surface area contributed by atoms with Crippen LogP contribution in [0, 0.1) is 0 Å². The average Bonchev–Trinajstić information content (AvgIpc) is 3.01. The van der Waals surface area contributed by atoms with E-state index < -0.39 is 36.2 Å². The van der Waals surface area contributed by atoms with Gasteiger partial charge in [-0.25, -0.2) is 13.6 Å². The Labute approximate surface area is 154 Å². The monoisotopic (exact) mass is 445 g/mol. The second-order valence-electron chi connectivity index (χ2n) is 5.32. The maximum atomic E-state index is 11.6. The van der Waals surface area contributed by atoms with E-state index in [0.29, 0.717) is 25.8 Å². The average molecular weight is 445 g/mol. The van der Waals surface area contributed by atoms with Gasteiger partial charge in [0.1, 0.15) is 5.82 Å². The number of rotatable bonds is 9. The fourth-order valence-electron chi connectivity index (χ4n) is 2.17. The van der Waals surface area contributed by atoms with Crippen LogP contribution < -0.4 is 20.4 Å². The molecule has 1 aromatic rings. The number of ether oxygens (including phenoxy) is 1. The maximum absolute atomic E-state index is 11.6. The molecule has 2 heterocycles. The van der Waals surface area contributed by atoms with E-state index in [1.54, 1.807) is 12.1 Å². The second-order valence-corrected chi connectivity index (χ2v) is 9.94. The zero-order valence-corrected chi connectivity index (χ0v) is 16.5. The van der Waals surface area contributed by atoms with Crippen molar-refractivity contribution >= 4 is 29.3 Å². The molecular formula is C11H16N2O11P3-3. The SMILES string of the molecule is COP(=O)([O-])OP(=O)([O-])OP(=O)([O-])OC[C@@H]1CC[C@H](c2ccc(N)nc2)O1. The van der Waals surface area contributed by atoms with Gasteiger partial charge in [-0.1, -0.05) is 6.07 Å². The van der Waals surface area contributed by atoms with Crippen LogP contribution in [0.15, 0.2) is 18.3 Å². The van der Waals surface area contributed by atoms with Gasteiger partial charge in [0, 0.05) is 13.3 Å². The lowest BCUT2D eigenvalue weighted by molar-refractivity contribution is -0.250. The van der Waals surface area contributed by atoms with E-state index in [2.05, 4.69) is 22.7 Å². The standard InChI is InChI=1S/C11H19N2O11P3/c1-20-25(14,15)23-27(18,19)24-26(16,17)21-7-9-3-4-10(22-9)8-2-5-11(12)13-6-8/h2,5-6,9-10H,3-4,7H2,1H3,(H2,12,13)(H,14,15)(H,16,17)(H,18,19)/p-3/t9-,10+/m0/s1. The summed E-state index contributed by atoms with van der Waals surface area (Å²) in [5.41, 5.74) is 6.22. The van der Waals surface area contributed by atoms with Gasteiger partial charge in [-0.15, -0.1) is 0 Å². The molecule has 0 amide bonds. The van der Waals surface area contributed by atoms with Crippen molar-refractivity contribution in [2.45, 2.75) is 25.0 Å². The first-order valence-corrected chi connectivity index (χ1v) is 11.7. The zero-order valence-electron chi connectivity index (χ0n) is 13.9. The number of nitrogens with two attached hydrogens (primary N) is 1. The summed E-state index contributed by atoms with van der Waals surface area (Å²) in [5, 5.41) is 0. The number of hydrogen-bond donors (Lipinski definition) is 1. The van der Waals surface area contributed by atoms with E-state index in [9.17, 15) is 28.4 Å². The molecule has 2 N–H and O–H groups in total. The molecule has 2 rings (SSSR count). The number of hydrogen-bond acceptors (Lipinski definition) is 13. The summed E-state index contributed by atoms with van der Waals surface area (Å²) in [7, 11) is -15.9. The number of phosphoric ester groups is 2. The van der Waals surface area contributed by atoms with E-state index in [4.69, 9.17) is 10.5 Å². The minimum Gasteiger partial charge on any atom is -0.756 e. The molecule has 0 aromatic carbocycles. The lowest BCUT2D eigenvalue weighted by Crippen LogP contribution is -2.20. The van der Waals surface area contributed by atoms with Gasteiger partial charge in [0.25, 0.3) is 23.5 Å². The maximum Gasteiger partial charge on any atom is 0.280 e. The quantitative estimate of drug-likeness (QED) is 0.497. The molecule has 0 bridgehead atoms. The Morgan fingerprint density at radius 3 is 2.41 bits per heavy atom. The predicted octanol–water partition coefficient (Wildman–Crippen LogP) is -0.0147. The highest BCUT2D eigenvalue weighted by molar-refractivity contribution is 7.65. The molecule has 1 saturated heterocycles. The van der Waals surface area contributed by atoms with Crippen molar-refractivity contribution < 1.29 is 50.8 Å². The van der Waals surface area contributed by atoms with E-state index in [-0.39, 0.29) is 6.10 Å². The predicted molar refractivity (Wildman–Crippen MR) is 83.4 cm³/mol. The Kier molecular flexibility index (Phi) is 7.34. The summed E-state index contributed by atoms with van der Waals surface area (Å²) in [4.78, 5) is 37.7. The third-order valence-electron chi connectivity index (χ3n) is 3.33. The first-order valence-electron chi connectivity index (χ1n) is 7.34. The minimum atomic E-state index is -5.79. The molecule has 1 aliphatic rings. The van der Waals surface area contributed by atoms with Crippen molar-refractivity contribution in [1.29, 1.82) is 0 Å². The Morgan fingerprint density at radius 2 is 1.81 bits per heavy atom. The summed E-state index contributed by atoms with van der Waals surface area (Å²) < 4.78 is 54.8. The molecule has 27 heavy (non-hydrogen) atoms. The molecule has 1 aromatic heterocycles. The molecule has 16 heteroatoms. The van der Waals surface area contributed by atoms with Crippen LogP contribution in [0.25, 0.3) is 0 Å². The van der Waals surface area contributed by atoms with Crippen LogP contribution in [0.5, 0.6) is 0 Å². The van der Waals surface area contributed by atoms with Gasteiger partial charge < -0.3 is 34.2 Å². The fraction of sp³-hybridized carbons (Fsp3) is 0.545. The zero-order chi connectivity index (χ0) is 20.3. The van der Waals surface area contributed by atoms with E-state index >= 15 is 0 Å². The molecule has 0 spiro atoms. The Hall–Kier alpha value is -0.680. The van der Waals surface area contributed by atoms with E-state index in [0.717, 1.165) is 5.56 Å². The fourth-order valence-corrected chi connectivity index (χ4v) is 5.32. The van der Waals surface area contributed by atoms with Crippen molar-refractivity contribution in [1.82, 2.24) is 4.98 Å². The van der Waals surface area contributed by atoms with Gasteiger partial charge in [0.2, 0.25) is 0 Å². The topological polar surface area (TPSA) is 205 Å². The smallest absolute Gasteiger partial charge is 0.280 e. The highest BCUT2D eigenvalue weighted by Crippen LogP contribution is 2.62. The molecule has 0 aliphatic carbocycles. The van der Waals surface area contributed by atoms with Crippen LogP contribution in [0.2, 0.25) is 0 Å². The number of phosphoric acid groups is 3. The van der Waals surface area contributed by atoms with Crippen LogP contribution in [0.1, 0.15) is 24.5 Å². The number of nitrogens with zero attached hydrogens (tertiary/aromatic N) is 1. The molecule has 1 aliphatic heterocycles. The van der Waals surface area contributed by atoms with Crippen molar-refractivity contribution in [3.05, 3.63) is 23.9 Å². The number of nitrogen functional groups attached to an aromatic ring is 1. The van der Waals surface area contributed by atoms with Crippen molar-refractivity contribution in [2.75, 3.05) is 19.5 Å². The lowest BCUT2D eigenvalue weighted by Gasteiger charge is -2.33. The van der Waals surface area contributed by atoms with Crippen LogP contribution in [0.3, 0.4) is 0 Å². The molecule has 3 unspecified atom stereocenters. The summed E-state index contributed by atoms with van der Waals surface area (Å²) in [6.07, 6.45) is 1.45. The second kappa shape index (κ2) is 8.77. The first-order chi connectivity index (χ1) is 12.4. The van der Waals surface area contributed by atoms with Crippen LogP contribution >= 0.6 is 23.5 Å². The largest absolute Gasteiger partial charge is 0.756 e. The van der Waals surface area contributed by atoms with Gasteiger partial charge >= 0.3 is 0 Å². The highest BCUT2D eigenvalue weighted by Gasteiger charge is 2.30. The molecule has 154 valence electrons.